The Morgan fingerprint density at radius 1 is 0.895 bits per heavy atom. The van der Waals surface area contributed by atoms with Crippen LogP contribution < -0.4 is 5.19 Å². The van der Waals surface area contributed by atoms with Crippen LogP contribution in [0.4, 0.5) is 0 Å². The van der Waals surface area contributed by atoms with Crippen molar-refractivity contribution >= 4 is 13.3 Å². The molecule has 0 spiro atoms. The van der Waals surface area contributed by atoms with Crippen LogP contribution in [0, 0.1) is 23.2 Å². The van der Waals surface area contributed by atoms with Crippen molar-refractivity contribution in [3.05, 3.63) is 77.9 Å². The van der Waals surface area contributed by atoms with Gasteiger partial charge in [0.2, 0.25) is 0 Å². The second kappa shape index (κ2) is 13.2. The van der Waals surface area contributed by atoms with E-state index in [2.05, 4.69) is 80.6 Å². The first-order valence-electron chi connectivity index (χ1n) is 16.5. The van der Waals surface area contributed by atoms with Crippen LogP contribution in [0.1, 0.15) is 104 Å². The van der Waals surface area contributed by atoms with Crippen molar-refractivity contribution in [1.82, 2.24) is 0 Å². The van der Waals surface area contributed by atoms with Crippen LogP contribution >= 0.6 is 0 Å². The summed E-state index contributed by atoms with van der Waals surface area (Å²) in [6.45, 7) is 4.72. The lowest BCUT2D eigenvalue weighted by Gasteiger charge is -2.49. The molecule has 0 aromatic heterocycles. The molecule has 1 heteroatoms. The smallest absolute Gasteiger partial charge is 0.0842 e. The molecule has 5 rings (SSSR count). The first-order valence-corrected chi connectivity index (χ1v) is 19.1. The normalized spacial score (nSPS) is 33.6. The topological polar surface area (TPSA) is 0 Å². The highest BCUT2D eigenvalue weighted by atomic mass is 28.3. The Balaban J connectivity index is 1.33. The van der Waals surface area contributed by atoms with Crippen LogP contribution in [-0.4, -0.2) is 8.07 Å². The van der Waals surface area contributed by atoms with Crippen molar-refractivity contribution in [2.45, 2.75) is 122 Å². The van der Waals surface area contributed by atoms with Gasteiger partial charge in [0.15, 0.2) is 0 Å². The zero-order valence-corrected chi connectivity index (χ0v) is 25.6. The molecule has 0 bridgehead atoms. The molecule has 1 aromatic carbocycles. The lowest BCUT2D eigenvalue weighted by molar-refractivity contribution is 0.241. The monoisotopic (exact) mass is 526 g/mol. The molecular weight excluding hydrogens is 472 g/mol. The van der Waals surface area contributed by atoms with Gasteiger partial charge in [-0.1, -0.05) is 154 Å². The second-order valence-electron chi connectivity index (χ2n) is 13.3. The Bertz CT molecular complexity index is 994. The lowest BCUT2D eigenvalue weighted by atomic mass is 9.61. The molecule has 38 heavy (non-hydrogen) atoms. The van der Waals surface area contributed by atoms with Crippen LogP contribution in [0.25, 0.3) is 0 Å². The quantitative estimate of drug-likeness (QED) is 0.210. The van der Waals surface area contributed by atoms with Crippen molar-refractivity contribution in [3.8, 4) is 0 Å². The lowest BCUT2D eigenvalue weighted by Crippen LogP contribution is -2.51. The molecule has 1 aliphatic heterocycles. The van der Waals surface area contributed by atoms with Crippen molar-refractivity contribution in [1.29, 1.82) is 0 Å². The molecule has 0 nitrogen and oxygen atoms in total. The van der Waals surface area contributed by atoms with E-state index in [9.17, 15) is 0 Å². The van der Waals surface area contributed by atoms with Crippen molar-refractivity contribution in [2.24, 2.45) is 23.2 Å². The van der Waals surface area contributed by atoms with Crippen LogP contribution in [0.15, 0.2) is 77.9 Å². The van der Waals surface area contributed by atoms with Gasteiger partial charge in [0.25, 0.3) is 0 Å². The molecule has 3 aliphatic carbocycles. The number of benzene rings is 1. The first kappa shape index (κ1) is 27.9. The fourth-order valence-corrected chi connectivity index (χ4v) is 14.1. The molecule has 1 atom stereocenters. The number of hydrogen-bond donors (Lipinski definition) is 0. The van der Waals surface area contributed by atoms with E-state index in [1.54, 1.807) is 16.3 Å². The van der Waals surface area contributed by atoms with Crippen LogP contribution in [0.5, 0.6) is 0 Å². The standard InChI is InChI=1S/C37H54Si/c1-3-5-12-28-38(36-16-10-7-11-17-36)29-24-35(25-30-38)37(34-14-8-6-9-15-34)26-22-33(23-27-37)32-20-18-31(13-4-2)19-21-32/h6-8,10-11,14,16-17,22-23,26,31-32,35H,3-5,9,12-13,15,18-21,24-25,27-30H2,1-2H3. The van der Waals surface area contributed by atoms with E-state index in [-0.39, 0.29) is 5.41 Å². The maximum Gasteiger partial charge on any atom is 0.0867 e. The van der Waals surface area contributed by atoms with Crippen LogP contribution in [-0.2, 0) is 0 Å². The third-order valence-electron chi connectivity index (χ3n) is 11.2. The minimum atomic E-state index is -1.41. The average Bonchev–Trinajstić information content (AvgIpc) is 2.99. The SMILES string of the molecule is CCCCC[Si]1(c2ccccc2)CCC(C2(C3=CC=CCC3)C=CC(C3CCC(CCC)CC3)=CC2)CC1. The van der Waals surface area contributed by atoms with Gasteiger partial charge in [0.05, 0.1) is 8.07 Å². The maximum atomic E-state index is 2.75. The molecule has 0 N–H and O–H groups in total. The highest BCUT2D eigenvalue weighted by Gasteiger charge is 2.46. The molecule has 0 radical (unpaired) electrons. The average molecular weight is 527 g/mol. The Morgan fingerprint density at radius 2 is 1.68 bits per heavy atom. The van der Waals surface area contributed by atoms with E-state index in [4.69, 9.17) is 0 Å². The van der Waals surface area contributed by atoms with E-state index in [1.165, 1.54) is 108 Å². The summed E-state index contributed by atoms with van der Waals surface area (Å²) in [5.74, 6) is 2.63. The van der Waals surface area contributed by atoms with Gasteiger partial charge in [-0.2, -0.15) is 0 Å². The van der Waals surface area contributed by atoms with Gasteiger partial charge in [-0.05, 0) is 68.3 Å². The molecule has 206 valence electrons. The first-order chi connectivity index (χ1) is 18.7. The highest BCUT2D eigenvalue weighted by Crippen LogP contribution is 2.54. The molecule has 1 saturated carbocycles. The number of unbranched alkanes of at least 4 members (excludes halogenated alkanes) is 2. The minimum Gasteiger partial charge on any atom is -0.0842 e. The highest BCUT2D eigenvalue weighted by molar-refractivity contribution is 6.92. The Morgan fingerprint density at radius 3 is 2.32 bits per heavy atom. The van der Waals surface area contributed by atoms with E-state index in [1.807, 2.05) is 0 Å². The molecule has 1 heterocycles. The van der Waals surface area contributed by atoms with Gasteiger partial charge < -0.3 is 0 Å². The third-order valence-corrected chi connectivity index (χ3v) is 16.6. The zero-order valence-electron chi connectivity index (χ0n) is 24.6. The minimum absolute atomic E-state index is 0.272. The summed E-state index contributed by atoms with van der Waals surface area (Å²) < 4.78 is 0. The molecule has 1 unspecified atom stereocenters. The summed E-state index contributed by atoms with van der Waals surface area (Å²) in [7, 11) is -1.41. The van der Waals surface area contributed by atoms with E-state index >= 15 is 0 Å². The maximum absolute atomic E-state index is 2.75. The zero-order chi connectivity index (χ0) is 26.3. The summed E-state index contributed by atoms with van der Waals surface area (Å²) in [4.78, 5) is 0. The summed E-state index contributed by atoms with van der Waals surface area (Å²) >= 11 is 0. The molecule has 0 amide bonds. The third kappa shape index (κ3) is 6.09. The van der Waals surface area contributed by atoms with Gasteiger partial charge >= 0.3 is 0 Å². The number of hydrogen-bond acceptors (Lipinski definition) is 0. The number of rotatable bonds is 10. The summed E-state index contributed by atoms with van der Waals surface area (Å²) in [5.41, 5.74) is 3.70. The number of allylic oxidation sites excluding steroid dienone is 8. The Kier molecular flexibility index (Phi) is 9.68. The van der Waals surface area contributed by atoms with E-state index < -0.39 is 8.07 Å². The van der Waals surface area contributed by atoms with Gasteiger partial charge in [0.1, 0.15) is 0 Å². The van der Waals surface area contributed by atoms with Gasteiger partial charge in [-0.3, -0.25) is 0 Å². The molecule has 1 aromatic rings. The van der Waals surface area contributed by atoms with Gasteiger partial charge in [-0.25, -0.2) is 0 Å². The van der Waals surface area contributed by atoms with E-state index in [0.717, 1.165) is 17.8 Å². The van der Waals surface area contributed by atoms with Crippen molar-refractivity contribution in [3.63, 3.8) is 0 Å². The molecular formula is C37H54Si. The summed E-state index contributed by atoms with van der Waals surface area (Å²) in [5, 5.41) is 1.75. The van der Waals surface area contributed by atoms with E-state index in [0.29, 0.717) is 0 Å². The van der Waals surface area contributed by atoms with Crippen molar-refractivity contribution in [2.75, 3.05) is 0 Å². The van der Waals surface area contributed by atoms with Crippen LogP contribution in [0.3, 0.4) is 0 Å². The van der Waals surface area contributed by atoms with Crippen molar-refractivity contribution < 1.29 is 0 Å². The summed E-state index contributed by atoms with van der Waals surface area (Å²) in [6.07, 6.45) is 34.7. The molecule has 1 saturated heterocycles. The molecule has 4 aliphatic rings. The van der Waals surface area contributed by atoms with Crippen LogP contribution in [0.2, 0.25) is 18.1 Å². The fraction of sp³-hybridized carbons (Fsp3) is 0.622. The summed E-state index contributed by atoms with van der Waals surface area (Å²) in [6, 6.07) is 16.3. The van der Waals surface area contributed by atoms with Gasteiger partial charge in [0, 0.05) is 5.41 Å². The molecule has 2 fully saturated rings. The largest absolute Gasteiger partial charge is 0.0867 e. The fourth-order valence-electron chi connectivity index (χ4n) is 8.83. The Hall–Kier alpha value is -1.60. The predicted molar refractivity (Wildman–Crippen MR) is 170 cm³/mol. The second-order valence-corrected chi connectivity index (χ2v) is 18.0. The predicted octanol–water partition coefficient (Wildman–Crippen LogP) is 10.7. The van der Waals surface area contributed by atoms with Gasteiger partial charge in [-0.15, -0.1) is 0 Å². The Labute approximate surface area is 235 Å².